The van der Waals surface area contributed by atoms with E-state index in [1.54, 1.807) is 13.3 Å². The van der Waals surface area contributed by atoms with Crippen molar-refractivity contribution in [2.45, 2.75) is 24.9 Å². The Balaban J connectivity index is 2.20. The lowest BCUT2D eigenvalue weighted by atomic mass is 9.96. The van der Waals surface area contributed by atoms with Gasteiger partial charge < -0.3 is 15.0 Å². The van der Waals surface area contributed by atoms with Gasteiger partial charge in [0.25, 0.3) is 0 Å². The molecule has 1 amide bonds. The Kier molecular flexibility index (Phi) is 3.68. The predicted octanol–water partition coefficient (Wildman–Crippen LogP) is -0.114. The molecule has 100 valence electrons. The van der Waals surface area contributed by atoms with Gasteiger partial charge in [-0.15, -0.1) is 0 Å². The van der Waals surface area contributed by atoms with Crippen molar-refractivity contribution in [2.24, 2.45) is 12.8 Å². The highest BCUT2D eigenvalue weighted by molar-refractivity contribution is 5.85. The molecule has 0 spiro atoms. The second kappa shape index (κ2) is 5.07. The number of carbonyl (C=O) groups is 1. The first kappa shape index (κ1) is 13.0. The van der Waals surface area contributed by atoms with Gasteiger partial charge in [0.2, 0.25) is 5.91 Å². The lowest BCUT2D eigenvalue weighted by molar-refractivity contribution is -0.132. The number of rotatable bonds is 5. The van der Waals surface area contributed by atoms with Gasteiger partial charge in [-0.25, -0.2) is 4.98 Å². The van der Waals surface area contributed by atoms with Crippen LogP contribution in [0.4, 0.5) is 0 Å². The molecule has 1 unspecified atom stereocenters. The molecule has 18 heavy (non-hydrogen) atoms. The summed E-state index contributed by atoms with van der Waals surface area (Å²) in [7, 11) is 3.54. The number of nitrogens with two attached hydrogens (primary N) is 1. The fourth-order valence-electron chi connectivity index (χ4n) is 2.64. The van der Waals surface area contributed by atoms with Gasteiger partial charge in [-0.3, -0.25) is 9.69 Å². The average molecular weight is 252 g/mol. The maximum Gasteiger partial charge on any atom is 0.240 e. The van der Waals surface area contributed by atoms with Crippen LogP contribution in [-0.4, -0.2) is 46.2 Å². The Bertz CT molecular complexity index is 431. The first-order valence-electron chi connectivity index (χ1n) is 6.10. The fraction of sp³-hybridized carbons (Fsp3) is 0.667. The monoisotopic (exact) mass is 252 g/mol. The molecule has 1 atom stereocenters. The van der Waals surface area contributed by atoms with Gasteiger partial charge in [0.05, 0.1) is 13.2 Å². The molecule has 1 aliphatic rings. The minimum atomic E-state index is -0.680. The minimum absolute atomic E-state index is 0.309. The van der Waals surface area contributed by atoms with Gasteiger partial charge in [-0.1, -0.05) is 0 Å². The van der Waals surface area contributed by atoms with Crippen molar-refractivity contribution in [3.05, 3.63) is 18.2 Å². The number of nitrogens with zero attached hydrogens (tertiary/aromatic N) is 3. The molecule has 0 aromatic carbocycles. The van der Waals surface area contributed by atoms with Crippen LogP contribution >= 0.6 is 0 Å². The molecule has 1 fully saturated rings. The number of imidazole rings is 1. The first-order valence-corrected chi connectivity index (χ1v) is 6.10. The molecule has 0 radical (unpaired) electrons. The van der Waals surface area contributed by atoms with Gasteiger partial charge in [0.15, 0.2) is 0 Å². The number of hydrogen-bond acceptors (Lipinski definition) is 4. The van der Waals surface area contributed by atoms with E-state index < -0.39 is 5.54 Å². The zero-order valence-electron chi connectivity index (χ0n) is 10.9. The summed E-state index contributed by atoms with van der Waals surface area (Å²) in [5.74, 6) is 0.620. The normalized spacial score (nSPS) is 24.6. The smallest absolute Gasteiger partial charge is 0.240 e. The summed E-state index contributed by atoms with van der Waals surface area (Å²) in [5.41, 5.74) is 4.91. The van der Waals surface area contributed by atoms with E-state index in [9.17, 15) is 4.79 Å². The summed E-state index contributed by atoms with van der Waals surface area (Å²) in [5, 5.41) is 0. The third kappa shape index (κ3) is 2.13. The summed E-state index contributed by atoms with van der Waals surface area (Å²) >= 11 is 0. The number of hydrogen-bond donors (Lipinski definition) is 1. The largest absolute Gasteiger partial charge is 0.382 e. The number of aryl methyl sites for hydroxylation is 1. The number of carbonyl (C=O) groups excluding carboxylic acids is 1. The Hall–Kier alpha value is -1.40. The molecule has 0 saturated carbocycles. The van der Waals surface area contributed by atoms with Crippen LogP contribution < -0.4 is 5.73 Å². The van der Waals surface area contributed by atoms with Gasteiger partial charge in [-0.05, 0) is 19.4 Å². The maximum atomic E-state index is 11.8. The number of methoxy groups -OCH3 is 1. The van der Waals surface area contributed by atoms with E-state index in [1.807, 2.05) is 17.8 Å². The summed E-state index contributed by atoms with van der Waals surface area (Å²) in [6, 6.07) is 0. The highest BCUT2D eigenvalue weighted by Gasteiger charge is 2.46. The molecule has 0 bridgehead atoms. The number of ether oxygens (including phenoxy) is 1. The summed E-state index contributed by atoms with van der Waals surface area (Å²) in [4.78, 5) is 18.2. The number of aromatic nitrogens is 2. The summed E-state index contributed by atoms with van der Waals surface area (Å²) < 4.78 is 7.16. The topological polar surface area (TPSA) is 73.4 Å². The Morgan fingerprint density at radius 2 is 2.44 bits per heavy atom. The van der Waals surface area contributed by atoms with E-state index in [0.29, 0.717) is 13.2 Å². The first-order chi connectivity index (χ1) is 8.60. The van der Waals surface area contributed by atoms with Crippen LogP contribution in [0, 0.1) is 0 Å². The molecule has 2 heterocycles. The van der Waals surface area contributed by atoms with Gasteiger partial charge in [0.1, 0.15) is 11.4 Å². The predicted molar refractivity (Wildman–Crippen MR) is 66.7 cm³/mol. The third-order valence-electron chi connectivity index (χ3n) is 3.72. The van der Waals surface area contributed by atoms with Crippen LogP contribution in [0.15, 0.2) is 12.4 Å². The molecular formula is C12H20N4O2. The molecule has 1 saturated heterocycles. The minimum Gasteiger partial charge on any atom is -0.382 e. The van der Waals surface area contributed by atoms with Crippen molar-refractivity contribution in [3.63, 3.8) is 0 Å². The fourth-order valence-corrected chi connectivity index (χ4v) is 2.64. The van der Waals surface area contributed by atoms with E-state index in [-0.39, 0.29) is 5.91 Å². The van der Waals surface area contributed by atoms with Crippen molar-refractivity contribution in [1.29, 1.82) is 0 Å². The highest BCUT2D eigenvalue weighted by Crippen LogP contribution is 2.30. The third-order valence-corrected chi connectivity index (χ3v) is 3.72. The van der Waals surface area contributed by atoms with Crippen molar-refractivity contribution in [1.82, 2.24) is 14.5 Å². The van der Waals surface area contributed by atoms with E-state index in [4.69, 9.17) is 10.5 Å². The van der Waals surface area contributed by atoms with Crippen molar-refractivity contribution < 1.29 is 9.53 Å². The second-order valence-corrected chi connectivity index (χ2v) is 4.81. The van der Waals surface area contributed by atoms with Gasteiger partial charge >= 0.3 is 0 Å². The maximum absolute atomic E-state index is 11.8. The molecule has 2 N–H and O–H groups in total. The average Bonchev–Trinajstić information content (AvgIpc) is 2.89. The number of likely N-dealkylation sites (tertiary alicyclic amines) is 1. The van der Waals surface area contributed by atoms with Crippen molar-refractivity contribution in [2.75, 3.05) is 20.3 Å². The molecule has 6 nitrogen and oxygen atoms in total. The van der Waals surface area contributed by atoms with Crippen LogP contribution in [0.2, 0.25) is 0 Å². The van der Waals surface area contributed by atoms with E-state index >= 15 is 0 Å². The Morgan fingerprint density at radius 3 is 3.00 bits per heavy atom. The molecule has 1 aliphatic heterocycles. The lowest BCUT2D eigenvalue weighted by Crippen LogP contribution is -2.56. The number of primary amides is 1. The van der Waals surface area contributed by atoms with Crippen LogP contribution in [0.1, 0.15) is 18.7 Å². The molecule has 0 aliphatic carbocycles. The van der Waals surface area contributed by atoms with E-state index in [2.05, 4.69) is 9.88 Å². The number of amides is 1. The molecule has 6 heteroatoms. The summed E-state index contributed by atoms with van der Waals surface area (Å²) in [6.07, 6.45) is 5.36. The highest BCUT2D eigenvalue weighted by atomic mass is 16.5. The van der Waals surface area contributed by atoms with Crippen LogP contribution in [-0.2, 0) is 23.1 Å². The Labute approximate surface area is 107 Å². The van der Waals surface area contributed by atoms with Gasteiger partial charge in [-0.2, -0.15) is 0 Å². The van der Waals surface area contributed by atoms with Gasteiger partial charge in [0, 0.05) is 26.6 Å². The molecule has 1 aromatic heterocycles. The lowest BCUT2D eigenvalue weighted by Gasteiger charge is -2.34. The quantitative estimate of drug-likeness (QED) is 0.793. The SMILES string of the molecule is COCC1(C(N)=O)CCCN1Cc1nccn1C. The second-order valence-electron chi connectivity index (χ2n) is 4.81. The van der Waals surface area contributed by atoms with E-state index in [1.165, 1.54) is 0 Å². The standard InChI is InChI=1S/C12H20N4O2/c1-15-7-5-14-10(15)8-16-6-3-4-12(16,9-18-2)11(13)17/h5,7H,3-4,6,8-9H2,1-2H3,(H2,13,17). The molecule has 1 aromatic rings. The van der Waals surface area contributed by atoms with Crippen LogP contribution in [0.5, 0.6) is 0 Å². The zero-order valence-corrected chi connectivity index (χ0v) is 10.9. The molecular weight excluding hydrogens is 232 g/mol. The molecule has 2 rings (SSSR count). The zero-order chi connectivity index (χ0) is 13.2. The van der Waals surface area contributed by atoms with Crippen molar-refractivity contribution in [3.8, 4) is 0 Å². The summed E-state index contributed by atoms with van der Waals surface area (Å²) in [6.45, 7) is 1.81. The Morgan fingerprint density at radius 1 is 1.67 bits per heavy atom. The van der Waals surface area contributed by atoms with Crippen LogP contribution in [0.3, 0.4) is 0 Å². The van der Waals surface area contributed by atoms with E-state index in [0.717, 1.165) is 25.2 Å². The van der Waals surface area contributed by atoms with Crippen LogP contribution in [0.25, 0.3) is 0 Å². The van der Waals surface area contributed by atoms with Crippen molar-refractivity contribution >= 4 is 5.91 Å².